The highest BCUT2D eigenvalue weighted by Crippen LogP contribution is 2.22. The van der Waals surface area contributed by atoms with Crippen molar-refractivity contribution < 1.29 is 13.9 Å². The standard InChI is InChI=1S/C15H9Cl2FN2O2/c16-10-2-1-9(7-19)14(5-10)20-15(21)8-22-11-3-4-13(18)12(17)6-11/h1-6H,8H2,(H,20,21). The SMILES string of the molecule is N#Cc1ccc(Cl)cc1NC(=O)COc1ccc(F)c(Cl)c1. The molecule has 1 amide bonds. The Morgan fingerprint density at radius 1 is 1.27 bits per heavy atom. The predicted octanol–water partition coefficient (Wildman–Crippen LogP) is 4.02. The third-order valence-corrected chi connectivity index (χ3v) is 3.16. The fraction of sp³-hybridized carbons (Fsp3) is 0.0667. The van der Waals surface area contributed by atoms with Crippen LogP contribution in [0.15, 0.2) is 36.4 Å². The second-order valence-corrected chi connectivity index (χ2v) is 5.06. The second-order valence-electron chi connectivity index (χ2n) is 4.21. The highest BCUT2D eigenvalue weighted by atomic mass is 35.5. The zero-order valence-corrected chi connectivity index (χ0v) is 12.6. The summed E-state index contributed by atoms with van der Waals surface area (Å²) in [5, 5.41) is 11.8. The number of carbonyl (C=O) groups excluding carboxylic acids is 1. The number of nitrogens with one attached hydrogen (secondary N) is 1. The van der Waals surface area contributed by atoms with E-state index in [2.05, 4.69) is 5.32 Å². The van der Waals surface area contributed by atoms with E-state index in [9.17, 15) is 9.18 Å². The summed E-state index contributed by atoms with van der Waals surface area (Å²) in [6.07, 6.45) is 0. The van der Waals surface area contributed by atoms with Crippen LogP contribution in [0.3, 0.4) is 0 Å². The Morgan fingerprint density at radius 3 is 2.73 bits per heavy atom. The van der Waals surface area contributed by atoms with Crippen molar-refractivity contribution in [3.05, 3.63) is 57.8 Å². The Morgan fingerprint density at radius 2 is 2.05 bits per heavy atom. The second kappa shape index (κ2) is 7.12. The minimum absolute atomic E-state index is 0.0977. The Labute approximate surface area is 136 Å². The van der Waals surface area contributed by atoms with Gasteiger partial charge in [-0.05, 0) is 30.3 Å². The number of carbonyl (C=O) groups is 1. The number of ether oxygens (including phenoxy) is 1. The zero-order valence-electron chi connectivity index (χ0n) is 11.1. The first-order valence-corrected chi connectivity index (χ1v) is 6.82. The van der Waals surface area contributed by atoms with E-state index in [4.69, 9.17) is 33.2 Å². The Balaban J connectivity index is 2.00. The maximum Gasteiger partial charge on any atom is 0.262 e. The van der Waals surface area contributed by atoms with Gasteiger partial charge in [0.05, 0.1) is 16.3 Å². The summed E-state index contributed by atoms with van der Waals surface area (Å²) in [4.78, 5) is 11.8. The van der Waals surface area contributed by atoms with Crippen molar-refractivity contribution in [1.29, 1.82) is 5.26 Å². The summed E-state index contributed by atoms with van der Waals surface area (Å²) in [7, 11) is 0. The molecule has 4 nitrogen and oxygen atoms in total. The molecule has 2 aromatic carbocycles. The molecule has 1 N–H and O–H groups in total. The van der Waals surface area contributed by atoms with Crippen molar-refractivity contribution in [2.24, 2.45) is 0 Å². The molecule has 0 saturated heterocycles. The summed E-state index contributed by atoms with van der Waals surface area (Å²) in [6.45, 7) is -0.320. The first kappa shape index (κ1) is 16.1. The van der Waals surface area contributed by atoms with Gasteiger partial charge in [-0.1, -0.05) is 23.2 Å². The van der Waals surface area contributed by atoms with Crippen LogP contribution < -0.4 is 10.1 Å². The van der Waals surface area contributed by atoms with Crippen LogP contribution in [0.4, 0.5) is 10.1 Å². The molecular weight excluding hydrogens is 330 g/mol. The Kier molecular flexibility index (Phi) is 5.21. The van der Waals surface area contributed by atoms with Gasteiger partial charge in [0.15, 0.2) is 6.61 Å². The summed E-state index contributed by atoms with van der Waals surface area (Å²) in [5.74, 6) is -0.802. The molecular formula is C15H9Cl2FN2O2. The van der Waals surface area contributed by atoms with Crippen molar-refractivity contribution in [2.75, 3.05) is 11.9 Å². The molecule has 0 fully saturated rings. The molecule has 0 aliphatic carbocycles. The van der Waals surface area contributed by atoms with Gasteiger partial charge in [0.1, 0.15) is 17.6 Å². The monoisotopic (exact) mass is 338 g/mol. The van der Waals surface area contributed by atoms with Crippen LogP contribution >= 0.6 is 23.2 Å². The third-order valence-electron chi connectivity index (χ3n) is 2.64. The van der Waals surface area contributed by atoms with Crippen molar-refractivity contribution >= 4 is 34.8 Å². The summed E-state index contributed by atoms with van der Waals surface area (Å²) >= 11 is 11.4. The lowest BCUT2D eigenvalue weighted by molar-refractivity contribution is -0.118. The largest absolute Gasteiger partial charge is 0.484 e. The van der Waals surface area contributed by atoms with Gasteiger partial charge in [0.2, 0.25) is 0 Å². The molecule has 7 heteroatoms. The first-order valence-electron chi connectivity index (χ1n) is 6.07. The van der Waals surface area contributed by atoms with Crippen LogP contribution in [0.1, 0.15) is 5.56 Å². The van der Waals surface area contributed by atoms with Crippen LogP contribution in [-0.2, 0) is 4.79 Å². The molecule has 0 heterocycles. The molecule has 2 aromatic rings. The number of nitriles is 1. The van der Waals surface area contributed by atoms with Crippen molar-refractivity contribution in [1.82, 2.24) is 0 Å². The van der Waals surface area contributed by atoms with Gasteiger partial charge in [-0.15, -0.1) is 0 Å². The molecule has 0 aromatic heterocycles. The highest BCUT2D eigenvalue weighted by molar-refractivity contribution is 6.31. The van der Waals surface area contributed by atoms with Crippen LogP contribution in [0.5, 0.6) is 5.75 Å². The summed E-state index contributed by atoms with van der Waals surface area (Å²) < 4.78 is 18.2. The van der Waals surface area contributed by atoms with Crippen LogP contribution in [0.2, 0.25) is 10.0 Å². The molecule has 0 bridgehead atoms. The topological polar surface area (TPSA) is 62.1 Å². The molecule has 0 aliphatic heterocycles. The van der Waals surface area contributed by atoms with Gasteiger partial charge in [-0.3, -0.25) is 4.79 Å². The Hall–Kier alpha value is -2.29. The van der Waals surface area contributed by atoms with E-state index in [0.717, 1.165) is 6.07 Å². The molecule has 112 valence electrons. The minimum Gasteiger partial charge on any atom is -0.484 e. The molecule has 0 spiro atoms. The lowest BCUT2D eigenvalue weighted by Gasteiger charge is -2.09. The number of amides is 1. The predicted molar refractivity (Wildman–Crippen MR) is 81.7 cm³/mol. The maximum absolute atomic E-state index is 13.0. The average molecular weight is 339 g/mol. The van der Waals surface area contributed by atoms with Gasteiger partial charge in [-0.2, -0.15) is 5.26 Å². The third kappa shape index (κ3) is 4.10. The van der Waals surface area contributed by atoms with Crippen molar-refractivity contribution in [3.63, 3.8) is 0 Å². The minimum atomic E-state index is -0.573. The van der Waals surface area contributed by atoms with E-state index < -0.39 is 11.7 Å². The van der Waals surface area contributed by atoms with E-state index in [1.807, 2.05) is 6.07 Å². The molecule has 2 rings (SSSR count). The quantitative estimate of drug-likeness (QED) is 0.915. The lowest BCUT2D eigenvalue weighted by atomic mass is 10.2. The maximum atomic E-state index is 13.0. The van der Waals surface area contributed by atoms with Crippen molar-refractivity contribution in [3.8, 4) is 11.8 Å². The Bertz CT molecular complexity index is 760. The molecule has 0 atom stereocenters. The van der Waals surface area contributed by atoms with Crippen LogP contribution in [-0.4, -0.2) is 12.5 Å². The molecule has 0 saturated carbocycles. The van der Waals surface area contributed by atoms with E-state index >= 15 is 0 Å². The van der Waals surface area contributed by atoms with Crippen molar-refractivity contribution in [2.45, 2.75) is 0 Å². The smallest absolute Gasteiger partial charge is 0.262 e. The number of halogens is 3. The number of hydrogen-bond donors (Lipinski definition) is 1. The summed E-state index contributed by atoms with van der Waals surface area (Å²) in [6, 6.07) is 10.2. The van der Waals surface area contributed by atoms with Gasteiger partial charge in [0.25, 0.3) is 5.91 Å². The molecule has 0 unspecified atom stereocenters. The van der Waals surface area contributed by atoms with Crippen LogP contribution in [0.25, 0.3) is 0 Å². The summed E-state index contributed by atoms with van der Waals surface area (Å²) in [5.41, 5.74) is 0.573. The van der Waals surface area contributed by atoms with E-state index in [-0.39, 0.29) is 22.9 Å². The van der Waals surface area contributed by atoms with Crippen LogP contribution in [0, 0.1) is 17.1 Å². The number of rotatable bonds is 4. The van der Waals surface area contributed by atoms with Gasteiger partial charge < -0.3 is 10.1 Å². The normalized spacial score (nSPS) is 9.91. The number of anilines is 1. The van der Waals surface area contributed by atoms with Gasteiger partial charge in [-0.25, -0.2) is 4.39 Å². The number of hydrogen-bond acceptors (Lipinski definition) is 3. The first-order chi connectivity index (χ1) is 10.5. The van der Waals surface area contributed by atoms with Gasteiger partial charge >= 0.3 is 0 Å². The van der Waals surface area contributed by atoms with Gasteiger partial charge in [0, 0.05) is 11.1 Å². The van der Waals surface area contributed by atoms with E-state index in [1.165, 1.54) is 24.3 Å². The lowest BCUT2D eigenvalue weighted by Crippen LogP contribution is -2.20. The van der Waals surface area contributed by atoms with E-state index in [1.54, 1.807) is 6.07 Å². The number of nitrogens with zero attached hydrogens (tertiary/aromatic N) is 1. The fourth-order valence-electron chi connectivity index (χ4n) is 1.62. The molecule has 0 aliphatic rings. The van der Waals surface area contributed by atoms with E-state index in [0.29, 0.717) is 10.7 Å². The molecule has 22 heavy (non-hydrogen) atoms. The molecule has 0 radical (unpaired) electrons. The zero-order chi connectivity index (χ0) is 16.1. The highest BCUT2D eigenvalue weighted by Gasteiger charge is 2.09. The average Bonchev–Trinajstić information content (AvgIpc) is 2.49. The number of benzene rings is 2. The fourth-order valence-corrected chi connectivity index (χ4v) is 1.96.